The van der Waals surface area contributed by atoms with E-state index < -0.39 is 0 Å². The number of rotatable bonds is 4. The predicted molar refractivity (Wildman–Crippen MR) is 62.3 cm³/mol. The van der Waals surface area contributed by atoms with Crippen LogP contribution >= 0.6 is 0 Å². The first-order valence-corrected chi connectivity index (χ1v) is 5.99. The number of carbonyl (C=O) groups excluding carboxylic acids is 1. The second kappa shape index (κ2) is 6.21. The van der Waals surface area contributed by atoms with Gasteiger partial charge in [-0.1, -0.05) is 0 Å². The summed E-state index contributed by atoms with van der Waals surface area (Å²) >= 11 is 0. The van der Waals surface area contributed by atoms with Gasteiger partial charge in [-0.2, -0.15) is 0 Å². The molecule has 16 heavy (non-hydrogen) atoms. The fourth-order valence-corrected chi connectivity index (χ4v) is 1.66. The Bertz CT molecular complexity index is 217. The highest BCUT2D eigenvalue weighted by atomic mass is 16.6. The van der Waals surface area contributed by atoms with Gasteiger partial charge < -0.3 is 9.47 Å². The van der Waals surface area contributed by atoms with Crippen LogP contribution in [0.2, 0.25) is 0 Å². The Kier molecular flexibility index (Phi) is 5.22. The summed E-state index contributed by atoms with van der Waals surface area (Å²) in [7, 11) is 0. The third kappa shape index (κ3) is 6.08. The van der Waals surface area contributed by atoms with Gasteiger partial charge in [0, 0.05) is 19.5 Å². The van der Waals surface area contributed by atoms with Gasteiger partial charge in [0.2, 0.25) is 0 Å². The molecule has 0 atom stereocenters. The standard InChI is InChI=1S/C12H23NO3/c1-12(2,3)16-11(14)5-4-6-13-7-9-15-10-8-13/h4-10H2,1-3H3. The molecule has 1 saturated heterocycles. The quantitative estimate of drug-likeness (QED) is 0.684. The first-order valence-electron chi connectivity index (χ1n) is 5.99. The van der Waals surface area contributed by atoms with Crippen LogP contribution in [0.25, 0.3) is 0 Å². The fraction of sp³-hybridized carbons (Fsp3) is 0.917. The van der Waals surface area contributed by atoms with E-state index in [4.69, 9.17) is 9.47 Å². The van der Waals surface area contributed by atoms with Crippen LogP contribution in [0.3, 0.4) is 0 Å². The van der Waals surface area contributed by atoms with Gasteiger partial charge in [0.15, 0.2) is 0 Å². The van der Waals surface area contributed by atoms with Crippen LogP contribution in [0.15, 0.2) is 0 Å². The molecule has 1 rings (SSSR count). The van der Waals surface area contributed by atoms with Gasteiger partial charge in [-0.25, -0.2) is 0 Å². The van der Waals surface area contributed by atoms with Gasteiger partial charge in [-0.15, -0.1) is 0 Å². The fourth-order valence-electron chi connectivity index (χ4n) is 1.66. The van der Waals surface area contributed by atoms with E-state index in [0.29, 0.717) is 6.42 Å². The molecule has 0 radical (unpaired) electrons. The van der Waals surface area contributed by atoms with Crippen molar-refractivity contribution in [2.75, 3.05) is 32.8 Å². The van der Waals surface area contributed by atoms with Crippen LogP contribution in [0.5, 0.6) is 0 Å². The Morgan fingerprint density at radius 1 is 1.31 bits per heavy atom. The summed E-state index contributed by atoms with van der Waals surface area (Å²) in [6, 6.07) is 0. The maximum atomic E-state index is 11.4. The lowest BCUT2D eigenvalue weighted by Gasteiger charge is -2.26. The van der Waals surface area contributed by atoms with Crippen molar-refractivity contribution < 1.29 is 14.3 Å². The average Bonchev–Trinajstić information content (AvgIpc) is 2.16. The number of morpholine rings is 1. The minimum atomic E-state index is -0.365. The van der Waals surface area contributed by atoms with Crippen molar-refractivity contribution in [1.29, 1.82) is 0 Å². The largest absolute Gasteiger partial charge is 0.460 e. The lowest BCUT2D eigenvalue weighted by Crippen LogP contribution is -2.37. The number of hydrogen-bond donors (Lipinski definition) is 0. The number of hydrogen-bond acceptors (Lipinski definition) is 4. The molecule has 0 amide bonds. The molecular weight excluding hydrogens is 206 g/mol. The normalized spacial score (nSPS) is 18.4. The lowest BCUT2D eigenvalue weighted by atomic mass is 10.2. The molecule has 0 aliphatic carbocycles. The molecule has 1 aliphatic rings. The Labute approximate surface area is 97.9 Å². The highest BCUT2D eigenvalue weighted by Gasteiger charge is 2.16. The van der Waals surface area contributed by atoms with Crippen LogP contribution in [-0.2, 0) is 14.3 Å². The van der Waals surface area contributed by atoms with Crippen molar-refractivity contribution in [3.8, 4) is 0 Å². The molecule has 1 heterocycles. The molecule has 0 aromatic carbocycles. The van der Waals surface area contributed by atoms with Gasteiger partial charge in [-0.05, 0) is 33.7 Å². The van der Waals surface area contributed by atoms with Crippen LogP contribution in [0.4, 0.5) is 0 Å². The molecule has 1 fully saturated rings. The second-order valence-electron chi connectivity index (χ2n) is 5.14. The molecular formula is C12H23NO3. The minimum Gasteiger partial charge on any atom is -0.460 e. The van der Waals surface area contributed by atoms with E-state index in [1.54, 1.807) is 0 Å². The van der Waals surface area contributed by atoms with E-state index in [9.17, 15) is 4.79 Å². The van der Waals surface area contributed by atoms with E-state index in [1.807, 2.05) is 20.8 Å². The van der Waals surface area contributed by atoms with Crippen LogP contribution in [-0.4, -0.2) is 49.3 Å². The molecule has 1 aliphatic heterocycles. The topological polar surface area (TPSA) is 38.8 Å². The number of carbonyl (C=O) groups is 1. The number of esters is 1. The Morgan fingerprint density at radius 2 is 1.94 bits per heavy atom. The van der Waals surface area contributed by atoms with Gasteiger partial charge in [0.05, 0.1) is 13.2 Å². The summed E-state index contributed by atoms with van der Waals surface area (Å²) < 4.78 is 10.5. The van der Waals surface area contributed by atoms with Crippen LogP contribution < -0.4 is 0 Å². The third-order valence-electron chi connectivity index (χ3n) is 2.38. The predicted octanol–water partition coefficient (Wildman–Crippen LogP) is 1.44. The molecule has 0 bridgehead atoms. The second-order valence-corrected chi connectivity index (χ2v) is 5.14. The first-order chi connectivity index (χ1) is 7.47. The molecule has 0 aromatic rings. The minimum absolute atomic E-state index is 0.0965. The average molecular weight is 229 g/mol. The SMILES string of the molecule is CC(C)(C)OC(=O)CCCN1CCOCC1. The van der Waals surface area contributed by atoms with Gasteiger partial charge >= 0.3 is 5.97 Å². The molecule has 0 saturated carbocycles. The molecule has 0 unspecified atom stereocenters. The summed E-state index contributed by atoms with van der Waals surface area (Å²) in [6.07, 6.45) is 1.38. The maximum Gasteiger partial charge on any atom is 0.306 e. The highest BCUT2D eigenvalue weighted by molar-refractivity contribution is 5.69. The summed E-state index contributed by atoms with van der Waals surface area (Å²) in [6.45, 7) is 10.2. The van der Waals surface area contributed by atoms with E-state index in [1.165, 1.54) is 0 Å². The zero-order chi connectivity index (χ0) is 12.0. The smallest absolute Gasteiger partial charge is 0.306 e. The Balaban J connectivity index is 2.08. The van der Waals surface area contributed by atoms with Crippen LogP contribution in [0.1, 0.15) is 33.6 Å². The molecule has 0 spiro atoms. The third-order valence-corrected chi connectivity index (χ3v) is 2.38. The van der Waals surface area contributed by atoms with Crippen molar-refractivity contribution in [2.24, 2.45) is 0 Å². The monoisotopic (exact) mass is 229 g/mol. The van der Waals surface area contributed by atoms with E-state index in [0.717, 1.165) is 39.3 Å². The number of ether oxygens (including phenoxy) is 2. The first kappa shape index (κ1) is 13.5. The summed E-state index contributed by atoms with van der Waals surface area (Å²) in [5.41, 5.74) is -0.365. The van der Waals surface area contributed by atoms with E-state index in [2.05, 4.69) is 4.90 Å². The Hall–Kier alpha value is -0.610. The highest BCUT2D eigenvalue weighted by Crippen LogP contribution is 2.09. The number of nitrogens with zero attached hydrogens (tertiary/aromatic N) is 1. The van der Waals surface area contributed by atoms with Crippen molar-refractivity contribution in [1.82, 2.24) is 4.90 Å². The van der Waals surface area contributed by atoms with Crippen LogP contribution in [0, 0.1) is 0 Å². The van der Waals surface area contributed by atoms with Crippen molar-refractivity contribution in [2.45, 2.75) is 39.2 Å². The van der Waals surface area contributed by atoms with Gasteiger partial charge in [-0.3, -0.25) is 9.69 Å². The molecule has 0 N–H and O–H groups in total. The van der Waals surface area contributed by atoms with Crippen molar-refractivity contribution >= 4 is 5.97 Å². The van der Waals surface area contributed by atoms with E-state index >= 15 is 0 Å². The molecule has 94 valence electrons. The van der Waals surface area contributed by atoms with Crippen molar-refractivity contribution in [3.63, 3.8) is 0 Å². The maximum absolute atomic E-state index is 11.4. The molecule has 4 heteroatoms. The summed E-state index contributed by atoms with van der Waals surface area (Å²) in [5.74, 6) is -0.0965. The molecule has 4 nitrogen and oxygen atoms in total. The summed E-state index contributed by atoms with van der Waals surface area (Å²) in [5, 5.41) is 0. The van der Waals surface area contributed by atoms with Gasteiger partial charge in [0.1, 0.15) is 5.60 Å². The van der Waals surface area contributed by atoms with Gasteiger partial charge in [0.25, 0.3) is 0 Å². The van der Waals surface area contributed by atoms with E-state index in [-0.39, 0.29) is 11.6 Å². The Morgan fingerprint density at radius 3 is 2.50 bits per heavy atom. The molecule has 0 aromatic heterocycles. The zero-order valence-corrected chi connectivity index (χ0v) is 10.6. The van der Waals surface area contributed by atoms with Crippen molar-refractivity contribution in [3.05, 3.63) is 0 Å². The zero-order valence-electron chi connectivity index (χ0n) is 10.6. The lowest BCUT2D eigenvalue weighted by molar-refractivity contribution is -0.155. The summed E-state index contributed by atoms with van der Waals surface area (Å²) in [4.78, 5) is 13.8.